The molecule has 11 nitrogen and oxygen atoms in total. The summed E-state index contributed by atoms with van der Waals surface area (Å²) in [7, 11) is 0. The van der Waals surface area contributed by atoms with Gasteiger partial charge >= 0.3 is 5.69 Å². The number of hydrogen-bond donors (Lipinski definition) is 4. The number of hydrogen-bond acceptors (Lipinski definition) is 8. The molecule has 3 aromatic rings. The summed E-state index contributed by atoms with van der Waals surface area (Å²) in [5.74, 6) is 0.340. The summed E-state index contributed by atoms with van der Waals surface area (Å²) in [6.45, 7) is 0. The molecule has 2 aliphatic carbocycles. The van der Waals surface area contributed by atoms with Crippen LogP contribution in [-0.4, -0.2) is 46.7 Å². The molecule has 2 aliphatic rings. The highest BCUT2D eigenvalue weighted by molar-refractivity contribution is 5.57. The summed E-state index contributed by atoms with van der Waals surface area (Å²) < 4.78 is 1.57. The van der Waals surface area contributed by atoms with Gasteiger partial charge in [0, 0.05) is 17.2 Å². The predicted octanol–water partition coefficient (Wildman–Crippen LogP) is -0.0486. The summed E-state index contributed by atoms with van der Waals surface area (Å²) in [5.41, 5.74) is 0.754. The summed E-state index contributed by atoms with van der Waals surface area (Å²) >= 11 is 0. The first-order valence-electron chi connectivity index (χ1n) is 10.1. The summed E-state index contributed by atoms with van der Waals surface area (Å²) in [4.78, 5) is 30.1. The Morgan fingerprint density at radius 2 is 2.03 bits per heavy atom. The lowest BCUT2D eigenvalue weighted by Crippen LogP contribution is -2.30. The number of aromatic amines is 2. The minimum absolute atomic E-state index is 0.124. The Bertz CT molecular complexity index is 1300. The number of nitriles is 1. The largest absolute Gasteiger partial charge is 0.493 e. The standard InChI is InChI=1S/C19H21N9O2/c20-8-10-1-3-12(4-2-10)22-17-25-15-11(7-14-16(29)26-19(30)24-14)9-21-28(15)18(27-17)23-13-5-6-13/h7,9-10,12-13,29H,1-6H2,(H,22,23,27)(H2,24,26,30)/b11-7+. The maximum absolute atomic E-state index is 11.4. The Kier molecular flexibility index (Phi) is 4.46. The van der Waals surface area contributed by atoms with Gasteiger partial charge in [0.15, 0.2) is 5.65 Å². The van der Waals surface area contributed by atoms with E-state index in [1.165, 1.54) is 0 Å². The highest BCUT2D eigenvalue weighted by Gasteiger charge is 2.23. The first kappa shape index (κ1) is 18.4. The number of nitrogens with zero attached hydrogens (tertiary/aromatic N) is 6. The molecule has 4 N–H and O–H groups in total. The van der Waals surface area contributed by atoms with Gasteiger partial charge in [-0.1, -0.05) is 0 Å². The summed E-state index contributed by atoms with van der Waals surface area (Å²) in [6.07, 6.45) is 8.77. The zero-order chi connectivity index (χ0) is 20.7. The Morgan fingerprint density at radius 1 is 1.23 bits per heavy atom. The van der Waals surface area contributed by atoms with Gasteiger partial charge in [0.2, 0.25) is 11.8 Å². The Labute approximate surface area is 170 Å². The first-order chi connectivity index (χ1) is 14.6. The molecule has 0 radical (unpaired) electrons. The van der Waals surface area contributed by atoms with E-state index in [0.717, 1.165) is 38.5 Å². The van der Waals surface area contributed by atoms with Crippen LogP contribution >= 0.6 is 0 Å². The van der Waals surface area contributed by atoms with Crippen molar-refractivity contribution in [2.45, 2.75) is 50.6 Å². The minimum Gasteiger partial charge on any atom is -0.493 e. The topological polar surface area (TPSA) is 160 Å². The molecule has 2 saturated carbocycles. The molecule has 0 amide bonds. The van der Waals surface area contributed by atoms with Crippen molar-refractivity contribution in [3.05, 3.63) is 33.2 Å². The molecule has 3 aromatic heterocycles. The zero-order valence-electron chi connectivity index (χ0n) is 16.2. The molecule has 0 unspecified atom stereocenters. The highest BCUT2D eigenvalue weighted by atomic mass is 16.3. The number of rotatable bonds is 4. The van der Waals surface area contributed by atoms with E-state index in [1.807, 2.05) is 0 Å². The fourth-order valence-electron chi connectivity index (χ4n) is 3.69. The first-order valence-corrected chi connectivity index (χ1v) is 10.1. The van der Waals surface area contributed by atoms with Crippen molar-refractivity contribution in [1.29, 1.82) is 5.26 Å². The number of aromatic hydroxyl groups is 1. The third-order valence-electron chi connectivity index (χ3n) is 5.50. The lowest BCUT2D eigenvalue weighted by Gasteiger charge is -2.25. The fraction of sp³-hybridized carbons (Fsp3) is 0.474. The second-order valence-electron chi connectivity index (χ2n) is 7.85. The molecular weight excluding hydrogens is 386 g/mol. The van der Waals surface area contributed by atoms with E-state index in [2.05, 4.69) is 41.4 Å². The monoisotopic (exact) mass is 407 g/mol. The molecule has 3 heterocycles. The van der Waals surface area contributed by atoms with Gasteiger partial charge in [-0.15, -0.1) is 0 Å². The van der Waals surface area contributed by atoms with Gasteiger partial charge in [0.1, 0.15) is 5.69 Å². The maximum atomic E-state index is 11.4. The number of nitrogens with one attached hydrogen (secondary N) is 3. The molecular formula is C19H21N9O2. The molecule has 0 atom stereocenters. The normalized spacial score (nSPS) is 23.0. The van der Waals surface area contributed by atoms with Crippen molar-refractivity contribution in [2.24, 2.45) is 10.9 Å². The molecule has 154 valence electrons. The van der Waals surface area contributed by atoms with Crippen molar-refractivity contribution < 1.29 is 5.11 Å². The molecule has 0 saturated heterocycles. The van der Waals surface area contributed by atoms with Gasteiger partial charge in [-0.3, -0.25) is 4.98 Å². The number of imidazole rings is 1. The number of aromatic nitrogens is 6. The Hall–Kier alpha value is -3.68. The van der Waals surface area contributed by atoms with Gasteiger partial charge in [-0.05, 0) is 44.6 Å². The average molecular weight is 407 g/mol. The van der Waals surface area contributed by atoms with E-state index in [1.54, 1.807) is 16.8 Å². The summed E-state index contributed by atoms with van der Waals surface area (Å²) in [6, 6.07) is 2.80. The van der Waals surface area contributed by atoms with E-state index in [4.69, 9.17) is 5.26 Å². The molecule has 5 rings (SSSR count). The fourth-order valence-corrected chi connectivity index (χ4v) is 3.69. The van der Waals surface area contributed by atoms with Crippen LogP contribution in [0.4, 0.5) is 5.95 Å². The third kappa shape index (κ3) is 3.63. The predicted molar refractivity (Wildman–Crippen MR) is 106 cm³/mol. The van der Waals surface area contributed by atoms with Crippen LogP contribution in [0.5, 0.6) is 5.88 Å². The van der Waals surface area contributed by atoms with Crippen molar-refractivity contribution in [2.75, 3.05) is 5.32 Å². The molecule has 0 spiro atoms. The average Bonchev–Trinajstić information content (AvgIpc) is 3.37. The van der Waals surface area contributed by atoms with Gasteiger partial charge in [-0.2, -0.15) is 24.8 Å². The van der Waals surface area contributed by atoms with Crippen LogP contribution in [0.25, 0.3) is 11.7 Å². The molecule has 11 heteroatoms. The van der Waals surface area contributed by atoms with Crippen LogP contribution < -0.4 is 21.8 Å². The smallest absolute Gasteiger partial charge is 0.326 e. The van der Waals surface area contributed by atoms with Crippen molar-refractivity contribution in [3.8, 4) is 11.9 Å². The molecule has 0 aromatic carbocycles. The van der Waals surface area contributed by atoms with Crippen LogP contribution in [0.3, 0.4) is 0 Å². The Balaban J connectivity index is 1.56. The van der Waals surface area contributed by atoms with E-state index < -0.39 is 5.69 Å². The lowest BCUT2D eigenvalue weighted by atomic mass is 9.87. The van der Waals surface area contributed by atoms with Crippen molar-refractivity contribution in [1.82, 2.24) is 29.5 Å². The number of anilines is 1. The lowest BCUT2D eigenvalue weighted by molar-refractivity contribution is 0.396. The van der Waals surface area contributed by atoms with Gasteiger partial charge < -0.3 is 15.4 Å². The highest BCUT2D eigenvalue weighted by Crippen LogP contribution is 2.25. The molecule has 30 heavy (non-hydrogen) atoms. The van der Waals surface area contributed by atoms with Crippen molar-refractivity contribution in [3.63, 3.8) is 0 Å². The summed E-state index contributed by atoms with van der Waals surface area (Å²) in [5, 5.41) is 27.3. The van der Waals surface area contributed by atoms with Crippen molar-refractivity contribution >= 4 is 17.7 Å². The minimum atomic E-state index is -0.496. The van der Waals surface area contributed by atoms with Gasteiger partial charge in [0.25, 0.3) is 5.62 Å². The SMILES string of the molecule is N#CC1CCC(Nc2nc(=NC3CC3)n3nc/c(=C\c4[nH]c(=O)[nH]c4O)c3n2)CC1. The maximum Gasteiger partial charge on any atom is 0.326 e. The van der Waals surface area contributed by atoms with E-state index in [-0.39, 0.29) is 29.6 Å². The molecule has 0 bridgehead atoms. The van der Waals surface area contributed by atoms with Crippen LogP contribution in [-0.2, 0) is 0 Å². The van der Waals surface area contributed by atoms with Crippen LogP contribution in [0, 0.1) is 17.2 Å². The zero-order valence-corrected chi connectivity index (χ0v) is 16.2. The Morgan fingerprint density at radius 3 is 2.70 bits per heavy atom. The van der Waals surface area contributed by atoms with E-state index in [9.17, 15) is 9.90 Å². The van der Waals surface area contributed by atoms with Gasteiger partial charge in [-0.25, -0.2) is 9.79 Å². The van der Waals surface area contributed by atoms with Crippen LogP contribution in [0.15, 0.2) is 16.0 Å². The second-order valence-corrected chi connectivity index (χ2v) is 7.85. The van der Waals surface area contributed by atoms with E-state index in [0.29, 0.717) is 22.4 Å². The van der Waals surface area contributed by atoms with Crippen LogP contribution in [0.2, 0.25) is 0 Å². The number of fused-ring (bicyclic) bond motifs is 1. The molecule has 2 fully saturated rings. The van der Waals surface area contributed by atoms with Crippen LogP contribution in [0.1, 0.15) is 44.2 Å². The molecule has 0 aliphatic heterocycles. The second kappa shape index (κ2) is 7.29. The quantitative estimate of drug-likeness (QED) is 0.471. The van der Waals surface area contributed by atoms with Gasteiger partial charge in [0.05, 0.1) is 18.3 Å². The third-order valence-corrected chi connectivity index (χ3v) is 5.50. The number of H-pyrrole nitrogens is 2. The van der Waals surface area contributed by atoms with E-state index >= 15 is 0 Å².